The lowest BCUT2D eigenvalue weighted by atomic mass is 10.1. The zero-order chi connectivity index (χ0) is 10.0. The Kier molecular flexibility index (Phi) is 3.07. The van der Waals surface area contributed by atoms with E-state index in [-0.39, 0.29) is 16.5 Å². The molecule has 0 fully saturated rings. The third kappa shape index (κ3) is 2.29. The van der Waals surface area contributed by atoms with Crippen molar-refractivity contribution in [2.75, 3.05) is 0 Å². The Morgan fingerprint density at radius 1 is 1.54 bits per heavy atom. The molecule has 1 heterocycles. The minimum atomic E-state index is -0.262. The zero-order valence-corrected chi connectivity index (χ0v) is 8.49. The van der Waals surface area contributed by atoms with Gasteiger partial charge in [-0.2, -0.15) is 0 Å². The third-order valence-electron chi connectivity index (χ3n) is 1.41. The molecule has 0 saturated carbocycles. The largest absolute Gasteiger partial charge is 0.287 e. The lowest BCUT2D eigenvalue weighted by Crippen LogP contribution is -2.03. The van der Waals surface area contributed by atoms with Crippen LogP contribution in [-0.4, -0.2) is 10.8 Å². The van der Waals surface area contributed by atoms with E-state index in [9.17, 15) is 4.79 Å². The van der Waals surface area contributed by atoms with Gasteiger partial charge < -0.3 is 0 Å². The second-order valence-corrected chi connectivity index (χ2v) is 3.44. The second-order valence-electron chi connectivity index (χ2n) is 2.59. The van der Waals surface area contributed by atoms with E-state index in [1.807, 2.05) is 0 Å². The number of ketones is 1. The number of hydrogen-bond acceptors (Lipinski definition) is 2. The van der Waals surface area contributed by atoms with Crippen molar-refractivity contribution in [1.82, 2.24) is 4.98 Å². The SMILES string of the molecule is C=C(C)C(=O)c1ncc(Cl)cc1Cl. The summed E-state index contributed by atoms with van der Waals surface area (Å²) >= 11 is 11.4. The second kappa shape index (κ2) is 3.90. The molecule has 1 aromatic rings. The van der Waals surface area contributed by atoms with Crippen LogP contribution in [0.1, 0.15) is 17.4 Å². The quantitative estimate of drug-likeness (QED) is 0.561. The van der Waals surface area contributed by atoms with Gasteiger partial charge in [-0.1, -0.05) is 29.8 Å². The summed E-state index contributed by atoms with van der Waals surface area (Å²) in [6, 6.07) is 1.48. The molecule has 0 spiro atoms. The predicted molar refractivity (Wildman–Crippen MR) is 53.4 cm³/mol. The van der Waals surface area contributed by atoms with E-state index in [1.165, 1.54) is 12.3 Å². The number of carbonyl (C=O) groups is 1. The van der Waals surface area contributed by atoms with Gasteiger partial charge in [0.1, 0.15) is 5.69 Å². The smallest absolute Gasteiger partial charge is 0.207 e. The van der Waals surface area contributed by atoms with Gasteiger partial charge in [-0.05, 0) is 18.6 Å². The molecule has 0 N–H and O–H groups in total. The lowest BCUT2D eigenvalue weighted by Gasteiger charge is -2.01. The molecule has 0 radical (unpaired) electrons. The van der Waals surface area contributed by atoms with E-state index in [0.29, 0.717) is 10.6 Å². The lowest BCUT2D eigenvalue weighted by molar-refractivity contribution is 0.103. The standard InChI is InChI=1S/C9H7Cl2NO/c1-5(2)9(13)8-7(11)3-6(10)4-12-8/h3-4H,1H2,2H3. The van der Waals surface area contributed by atoms with E-state index in [1.54, 1.807) is 6.92 Å². The molecule has 1 rings (SSSR count). The summed E-state index contributed by atoms with van der Waals surface area (Å²) in [5.41, 5.74) is 0.593. The van der Waals surface area contributed by atoms with Crippen molar-refractivity contribution < 1.29 is 4.79 Å². The van der Waals surface area contributed by atoms with Gasteiger partial charge in [0.25, 0.3) is 0 Å². The van der Waals surface area contributed by atoms with Crippen LogP contribution in [0.15, 0.2) is 24.4 Å². The molecule has 4 heteroatoms. The van der Waals surface area contributed by atoms with Crippen molar-refractivity contribution in [1.29, 1.82) is 0 Å². The Morgan fingerprint density at radius 2 is 2.15 bits per heavy atom. The maximum Gasteiger partial charge on any atom is 0.207 e. The first-order chi connectivity index (χ1) is 6.02. The van der Waals surface area contributed by atoms with Crippen LogP contribution in [0.5, 0.6) is 0 Å². The minimum absolute atomic E-state index is 0.193. The topological polar surface area (TPSA) is 30.0 Å². The minimum Gasteiger partial charge on any atom is -0.287 e. The zero-order valence-electron chi connectivity index (χ0n) is 6.97. The summed E-state index contributed by atoms with van der Waals surface area (Å²) in [4.78, 5) is 15.2. The van der Waals surface area contributed by atoms with E-state index >= 15 is 0 Å². The van der Waals surface area contributed by atoms with Crippen LogP contribution in [-0.2, 0) is 0 Å². The number of aromatic nitrogens is 1. The van der Waals surface area contributed by atoms with Gasteiger partial charge >= 0.3 is 0 Å². The number of allylic oxidation sites excluding steroid dienone is 1. The number of rotatable bonds is 2. The van der Waals surface area contributed by atoms with Gasteiger partial charge in [-0.15, -0.1) is 0 Å². The van der Waals surface area contributed by atoms with Crippen molar-refractivity contribution in [2.24, 2.45) is 0 Å². The first kappa shape index (κ1) is 10.2. The van der Waals surface area contributed by atoms with Crippen molar-refractivity contribution in [2.45, 2.75) is 6.92 Å². The Labute approximate surface area is 86.2 Å². The average molecular weight is 216 g/mol. The van der Waals surface area contributed by atoms with Gasteiger partial charge in [0, 0.05) is 6.20 Å². The summed E-state index contributed by atoms with van der Waals surface area (Å²) in [7, 11) is 0. The van der Waals surface area contributed by atoms with E-state index in [4.69, 9.17) is 23.2 Å². The van der Waals surface area contributed by atoms with Crippen LogP contribution in [0.2, 0.25) is 10.0 Å². The summed E-state index contributed by atoms with van der Waals surface area (Å²) < 4.78 is 0. The molecule has 0 amide bonds. The number of nitrogens with zero attached hydrogens (tertiary/aromatic N) is 1. The fourth-order valence-corrected chi connectivity index (χ4v) is 1.25. The molecule has 0 unspecified atom stereocenters. The van der Waals surface area contributed by atoms with Crippen LogP contribution in [0.25, 0.3) is 0 Å². The van der Waals surface area contributed by atoms with E-state index in [2.05, 4.69) is 11.6 Å². The number of pyridine rings is 1. The number of halogens is 2. The van der Waals surface area contributed by atoms with Crippen LogP contribution in [0.3, 0.4) is 0 Å². The molecule has 0 saturated heterocycles. The van der Waals surface area contributed by atoms with Crippen LogP contribution in [0, 0.1) is 0 Å². The van der Waals surface area contributed by atoms with Gasteiger partial charge in [0.15, 0.2) is 0 Å². The summed E-state index contributed by atoms with van der Waals surface area (Å²) in [6.07, 6.45) is 1.38. The number of hydrogen-bond donors (Lipinski definition) is 0. The molecular formula is C9H7Cl2NO. The maximum atomic E-state index is 11.4. The molecule has 13 heavy (non-hydrogen) atoms. The Balaban J connectivity index is 3.16. The highest BCUT2D eigenvalue weighted by atomic mass is 35.5. The van der Waals surface area contributed by atoms with Crippen molar-refractivity contribution >= 4 is 29.0 Å². The molecular weight excluding hydrogens is 209 g/mol. The number of carbonyl (C=O) groups excluding carboxylic acids is 1. The summed E-state index contributed by atoms with van der Waals surface area (Å²) in [5, 5.41) is 0.656. The molecule has 68 valence electrons. The maximum absolute atomic E-state index is 11.4. The van der Waals surface area contributed by atoms with Crippen LogP contribution in [0.4, 0.5) is 0 Å². The van der Waals surface area contributed by atoms with Gasteiger partial charge in [-0.25, -0.2) is 4.98 Å². The molecule has 0 aliphatic heterocycles. The first-order valence-corrected chi connectivity index (χ1v) is 4.29. The molecule has 0 bridgehead atoms. The molecule has 1 aromatic heterocycles. The molecule has 0 aromatic carbocycles. The van der Waals surface area contributed by atoms with Gasteiger partial charge in [0.2, 0.25) is 5.78 Å². The molecule has 0 atom stereocenters. The Bertz CT molecular complexity index is 374. The van der Waals surface area contributed by atoms with Crippen LogP contribution >= 0.6 is 23.2 Å². The molecule has 2 nitrogen and oxygen atoms in total. The fraction of sp³-hybridized carbons (Fsp3) is 0.111. The highest BCUT2D eigenvalue weighted by molar-refractivity contribution is 6.37. The van der Waals surface area contributed by atoms with Crippen molar-refractivity contribution in [3.8, 4) is 0 Å². The summed E-state index contributed by atoms with van der Waals surface area (Å²) in [5.74, 6) is -0.262. The first-order valence-electron chi connectivity index (χ1n) is 3.53. The molecule has 0 aliphatic carbocycles. The number of Topliss-reactive ketones (excluding diaryl/α,β-unsaturated/α-hetero) is 1. The van der Waals surface area contributed by atoms with Gasteiger partial charge in [-0.3, -0.25) is 4.79 Å². The molecule has 0 aliphatic rings. The Hall–Kier alpha value is -0.860. The Morgan fingerprint density at radius 3 is 2.62 bits per heavy atom. The van der Waals surface area contributed by atoms with Crippen LogP contribution < -0.4 is 0 Å². The van der Waals surface area contributed by atoms with E-state index in [0.717, 1.165) is 0 Å². The van der Waals surface area contributed by atoms with Gasteiger partial charge in [0.05, 0.1) is 10.0 Å². The highest BCUT2D eigenvalue weighted by Gasteiger charge is 2.12. The predicted octanol–water partition coefficient (Wildman–Crippen LogP) is 3.15. The normalized spacial score (nSPS) is 9.77. The highest BCUT2D eigenvalue weighted by Crippen LogP contribution is 2.20. The van der Waals surface area contributed by atoms with E-state index < -0.39 is 0 Å². The summed E-state index contributed by atoms with van der Waals surface area (Å²) in [6.45, 7) is 5.12. The fourth-order valence-electron chi connectivity index (χ4n) is 0.784. The van der Waals surface area contributed by atoms with Crippen molar-refractivity contribution in [3.05, 3.63) is 40.2 Å². The van der Waals surface area contributed by atoms with Crippen molar-refractivity contribution in [3.63, 3.8) is 0 Å². The third-order valence-corrected chi connectivity index (χ3v) is 1.91. The average Bonchev–Trinajstić information content (AvgIpc) is 2.03. The monoisotopic (exact) mass is 215 g/mol.